The molecule has 8 heteroatoms. The molecule has 0 unspecified atom stereocenters. The predicted octanol–water partition coefficient (Wildman–Crippen LogP) is 4.31. The van der Waals surface area contributed by atoms with Gasteiger partial charge >= 0.3 is 0 Å². The van der Waals surface area contributed by atoms with Crippen molar-refractivity contribution in [2.45, 2.75) is 16.9 Å². The highest BCUT2D eigenvalue weighted by molar-refractivity contribution is 8.00. The first kappa shape index (κ1) is 17.9. The fraction of sp³-hybridized carbons (Fsp3) is 0.211. The van der Waals surface area contributed by atoms with Crippen LogP contribution in [-0.2, 0) is 6.42 Å². The first-order valence-corrected chi connectivity index (χ1v) is 9.40. The van der Waals surface area contributed by atoms with Crippen molar-refractivity contribution in [2.75, 3.05) is 14.2 Å². The minimum absolute atomic E-state index is 0.00782. The first-order valence-electron chi connectivity index (χ1n) is 8.15. The maximum absolute atomic E-state index is 12.8. The number of aromatic nitrogens is 2. The van der Waals surface area contributed by atoms with Crippen LogP contribution in [0.2, 0.25) is 5.02 Å². The highest BCUT2D eigenvalue weighted by Crippen LogP contribution is 2.40. The zero-order chi connectivity index (χ0) is 19.0. The number of carbonyl (C=O) groups excluding carboxylic acids is 1. The van der Waals surface area contributed by atoms with Crippen LogP contribution in [0.1, 0.15) is 15.9 Å². The molecule has 4 rings (SSSR count). The average Bonchev–Trinajstić information content (AvgIpc) is 3.26. The van der Waals surface area contributed by atoms with Crippen LogP contribution in [0, 0.1) is 0 Å². The lowest BCUT2D eigenvalue weighted by Crippen LogP contribution is -2.11. The molecule has 0 fully saturated rings. The first-order chi connectivity index (χ1) is 13.1. The molecule has 27 heavy (non-hydrogen) atoms. The number of thioether (sulfide) groups is 1. The molecular weight excluding hydrogens is 388 g/mol. The van der Waals surface area contributed by atoms with Crippen molar-refractivity contribution in [2.24, 2.45) is 0 Å². The maximum Gasteiger partial charge on any atom is 0.277 e. The molecule has 3 aromatic rings. The topological polar surface area (TPSA) is 74.5 Å². The number of Topliss-reactive ketones (excluding diaryl/α,β-unsaturated/α-hetero) is 1. The highest BCUT2D eigenvalue weighted by Gasteiger charge is 2.34. The smallest absolute Gasteiger partial charge is 0.277 e. The molecule has 0 aliphatic heterocycles. The van der Waals surface area contributed by atoms with Gasteiger partial charge in [0.15, 0.2) is 17.3 Å². The lowest BCUT2D eigenvalue weighted by molar-refractivity contribution is 0.0999. The third kappa shape index (κ3) is 3.28. The van der Waals surface area contributed by atoms with Gasteiger partial charge in [0, 0.05) is 5.56 Å². The maximum atomic E-state index is 12.8. The van der Waals surface area contributed by atoms with Crippen molar-refractivity contribution >= 4 is 29.1 Å². The molecule has 0 spiro atoms. The predicted molar refractivity (Wildman–Crippen MR) is 102 cm³/mol. The Labute approximate surface area is 164 Å². The van der Waals surface area contributed by atoms with Gasteiger partial charge in [-0.2, -0.15) is 0 Å². The van der Waals surface area contributed by atoms with E-state index in [2.05, 4.69) is 10.2 Å². The summed E-state index contributed by atoms with van der Waals surface area (Å²) >= 11 is 7.42. The van der Waals surface area contributed by atoms with E-state index in [1.54, 1.807) is 32.4 Å². The summed E-state index contributed by atoms with van der Waals surface area (Å²) in [7, 11) is 3.12. The Morgan fingerprint density at radius 2 is 1.85 bits per heavy atom. The standard InChI is InChI=1S/C19H15ClN2O4S/c1-24-14-7-10-8-16(17(23)12(10)9-15(14)25-2)27-19-22-21-18(26-19)11-5-3-4-6-13(11)20/h3-7,9,16H,8H2,1-2H3/t16-/m1/s1. The van der Waals surface area contributed by atoms with E-state index in [4.69, 9.17) is 25.5 Å². The van der Waals surface area contributed by atoms with Gasteiger partial charge in [0.1, 0.15) is 0 Å². The molecule has 0 radical (unpaired) electrons. The SMILES string of the molecule is COc1cc2c(cc1OC)C(=O)[C@H](Sc1nnc(-c3ccccc3Cl)o1)C2. The molecular formula is C19H15ClN2O4S. The van der Waals surface area contributed by atoms with E-state index in [0.717, 1.165) is 5.56 Å². The Kier molecular flexibility index (Phi) is 4.80. The molecule has 1 atom stereocenters. The summed E-state index contributed by atoms with van der Waals surface area (Å²) in [6.07, 6.45) is 0.559. The largest absolute Gasteiger partial charge is 0.493 e. The number of benzene rings is 2. The molecule has 2 aromatic carbocycles. The number of halogens is 1. The zero-order valence-corrected chi connectivity index (χ0v) is 16.1. The Balaban J connectivity index is 1.56. The van der Waals surface area contributed by atoms with E-state index in [9.17, 15) is 4.79 Å². The number of carbonyl (C=O) groups is 1. The molecule has 0 saturated heterocycles. The van der Waals surface area contributed by atoms with E-state index in [-0.39, 0.29) is 11.0 Å². The van der Waals surface area contributed by atoms with E-state index in [1.165, 1.54) is 11.8 Å². The van der Waals surface area contributed by atoms with Crippen LogP contribution in [0.4, 0.5) is 0 Å². The van der Waals surface area contributed by atoms with Crippen LogP contribution in [0.3, 0.4) is 0 Å². The molecule has 6 nitrogen and oxygen atoms in total. The van der Waals surface area contributed by atoms with Crippen molar-refractivity contribution < 1.29 is 18.7 Å². The second kappa shape index (κ2) is 7.25. The number of fused-ring (bicyclic) bond motifs is 1. The normalized spacial score (nSPS) is 15.7. The van der Waals surface area contributed by atoms with Gasteiger partial charge < -0.3 is 13.9 Å². The van der Waals surface area contributed by atoms with Gasteiger partial charge in [0.05, 0.1) is 30.1 Å². The van der Waals surface area contributed by atoms with E-state index >= 15 is 0 Å². The fourth-order valence-electron chi connectivity index (χ4n) is 3.00. The molecule has 0 saturated carbocycles. The van der Waals surface area contributed by atoms with Gasteiger partial charge in [-0.15, -0.1) is 10.2 Å². The van der Waals surface area contributed by atoms with E-state index in [0.29, 0.717) is 45.2 Å². The number of ketones is 1. The second-order valence-electron chi connectivity index (χ2n) is 5.89. The molecule has 1 aliphatic carbocycles. The van der Waals surface area contributed by atoms with Crippen molar-refractivity contribution in [1.82, 2.24) is 10.2 Å². The van der Waals surface area contributed by atoms with Gasteiger partial charge in [-0.05, 0) is 36.2 Å². The van der Waals surface area contributed by atoms with E-state index < -0.39 is 0 Å². The molecule has 1 aromatic heterocycles. The van der Waals surface area contributed by atoms with Crippen molar-refractivity contribution in [3.05, 3.63) is 52.5 Å². The minimum Gasteiger partial charge on any atom is -0.493 e. The van der Waals surface area contributed by atoms with Crippen LogP contribution in [0.5, 0.6) is 11.5 Å². The average molecular weight is 403 g/mol. The van der Waals surface area contributed by atoms with Crippen molar-refractivity contribution in [1.29, 1.82) is 0 Å². The number of nitrogens with zero attached hydrogens (tertiary/aromatic N) is 2. The molecule has 1 aliphatic rings. The summed E-state index contributed by atoms with van der Waals surface area (Å²) in [6.45, 7) is 0. The molecule has 1 heterocycles. The number of hydrogen-bond acceptors (Lipinski definition) is 7. The Morgan fingerprint density at radius 1 is 1.11 bits per heavy atom. The number of ether oxygens (including phenoxy) is 2. The summed E-state index contributed by atoms with van der Waals surface area (Å²) in [5.41, 5.74) is 2.21. The fourth-order valence-corrected chi connectivity index (χ4v) is 4.17. The third-order valence-electron chi connectivity index (χ3n) is 4.33. The van der Waals surface area contributed by atoms with Crippen LogP contribution in [0.15, 0.2) is 46.0 Å². The zero-order valence-electron chi connectivity index (χ0n) is 14.6. The monoisotopic (exact) mass is 402 g/mol. The number of hydrogen-bond donors (Lipinski definition) is 0. The molecule has 0 N–H and O–H groups in total. The van der Waals surface area contributed by atoms with Gasteiger partial charge in [-0.25, -0.2) is 0 Å². The van der Waals surface area contributed by atoms with Crippen molar-refractivity contribution in [3.8, 4) is 23.0 Å². The summed E-state index contributed by atoms with van der Waals surface area (Å²) in [5, 5.41) is 8.61. The number of methoxy groups -OCH3 is 2. The quantitative estimate of drug-likeness (QED) is 0.629. The molecule has 0 bridgehead atoms. The lowest BCUT2D eigenvalue weighted by Gasteiger charge is -2.09. The highest BCUT2D eigenvalue weighted by atomic mass is 35.5. The third-order valence-corrected chi connectivity index (χ3v) is 5.69. The number of rotatable bonds is 5. The summed E-state index contributed by atoms with van der Waals surface area (Å²) < 4.78 is 16.3. The van der Waals surface area contributed by atoms with Crippen LogP contribution < -0.4 is 9.47 Å². The Morgan fingerprint density at radius 3 is 2.59 bits per heavy atom. The van der Waals surface area contributed by atoms with Gasteiger partial charge in [-0.1, -0.05) is 35.5 Å². The molecule has 0 amide bonds. The molecule has 138 valence electrons. The summed E-state index contributed by atoms with van der Waals surface area (Å²) in [5.74, 6) is 1.48. The Bertz CT molecular complexity index is 1020. The van der Waals surface area contributed by atoms with Gasteiger partial charge in [0.25, 0.3) is 5.22 Å². The van der Waals surface area contributed by atoms with Crippen molar-refractivity contribution in [3.63, 3.8) is 0 Å². The van der Waals surface area contributed by atoms with Gasteiger partial charge in [0.2, 0.25) is 5.89 Å². The van der Waals surface area contributed by atoms with Crippen LogP contribution in [0.25, 0.3) is 11.5 Å². The van der Waals surface area contributed by atoms with Gasteiger partial charge in [-0.3, -0.25) is 4.79 Å². The summed E-state index contributed by atoms with van der Waals surface area (Å²) in [4.78, 5) is 12.8. The second-order valence-corrected chi connectivity index (χ2v) is 7.45. The Hall–Kier alpha value is -2.51. The van der Waals surface area contributed by atoms with Crippen LogP contribution in [-0.4, -0.2) is 35.5 Å². The van der Waals surface area contributed by atoms with E-state index in [1.807, 2.05) is 18.2 Å². The summed E-state index contributed by atoms with van der Waals surface area (Å²) in [6, 6.07) is 10.8. The lowest BCUT2D eigenvalue weighted by atomic mass is 10.1. The minimum atomic E-state index is -0.337. The van der Waals surface area contributed by atoms with Crippen LogP contribution >= 0.6 is 23.4 Å².